The van der Waals surface area contributed by atoms with Crippen molar-refractivity contribution in [1.29, 1.82) is 0 Å². The van der Waals surface area contributed by atoms with Crippen LogP contribution in [0.5, 0.6) is 11.5 Å². The van der Waals surface area contributed by atoms with E-state index in [4.69, 9.17) is 26.7 Å². The summed E-state index contributed by atoms with van der Waals surface area (Å²) in [6.07, 6.45) is 1.82. The minimum atomic E-state index is -0.158. The summed E-state index contributed by atoms with van der Waals surface area (Å²) in [7, 11) is 3.34. The molecule has 0 aliphatic carbocycles. The minimum absolute atomic E-state index is 0.155. The highest BCUT2D eigenvalue weighted by molar-refractivity contribution is 7.80. The number of aromatic nitrogens is 2. The van der Waals surface area contributed by atoms with Gasteiger partial charge < -0.3 is 24.3 Å². The van der Waals surface area contributed by atoms with E-state index in [0.717, 1.165) is 40.0 Å². The predicted octanol–water partition coefficient (Wildman–Crippen LogP) is 6.30. The lowest BCUT2D eigenvalue weighted by molar-refractivity contribution is 0.403. The second-order valence-electron chi connectivity index (χ2n) is 9.54. The number of hydrogen-bond acceptors (Lipinski definition) is 4. The molecule has 0 amide bonds. The smallest absolute Gasteiger partial charge is 0.174 e. The molecule has 6 nitrogen and oxygen atoms in total. The zero-order chi connectivity index (χ0) is 26.3. The summed E-state index contributed by atoms with van der Waals surface area (Å²) in [5.74, 6) is 1.46. The van der Waals surface area contributed by atoms with Crippen LogP contribution in [0, 0.1) is 27.7 Å². The molecular weight excluding hydrogens is 480 g/mol. The van der Waals surface area contributed by atoms with E-state index in [9.17, 15) is 0 Å². The Bertz CT molecular complexity index is 1440. The number of aryl methyl sites for hydroxylation is 3. The van der Waals surface area contributed by atoms with Gasteiger partial charge in [-0.1, -0.05) is 12.1 Å². The number of hydrogen-bond donors (Lipinski definition) is 1. The fourth-order valence-corrected chi connectivity index (χ4v) is 5.82. The average Bonchev–Trinajstić information content (AvgIpc) is 3.38. The maximum absolute atomic E-state index is 5.96. The van der Waals surface area contributed by atoms with E-state index >= 15 is 0 Å². The van der Waals surface area contributed by atoms with Crippen LogP contribution in [0.3, 0.4) is 0 Å². The second kappa shape index (κ2) is 9.90. The summed E-state index contributed by atoms with van der Waals surface area (Å²) >= 11 is 5.96. The molecule has 4 aromatic rings. The Balaban J connectivity index is 1.73. The molecular formula is C30H32N4O2S. The van der Waals surface area contributed by atoms with Gasteiger partial charge in [-0.05, 0) is 99.1 Å². The Labute approximate surface area is 223 Å². The molecule has 37 heavy (non-hydrogen) atoms. The molecule has 1 N–H and O–H groups in total. The SMILES string of the molecule is COc1ccc(OC)c(N2C(=S)NC(c3ccccn3)C2c2cc(C)n(-c3cc(C)cc(C)c3)c2C)c1. The van der Waals surface area contributed by atoms with Crippen molar-refractivity contribution >= 4 is 23.0 Å². The zero-order valence-electron chi connectivity index (χ0n) is 22.1. The van der Waals surface area contributed by atoms with Crippen molar-refractivity contribution in [2.75, 3.05) is 19.1 Å². The van der Waals surface area contributed by atoms with Crippen molar-refractivity contribution in [3.63, 3.8) is 0 Å². The average molecular weight is 513 g/mol. The molecule has 0 spiro atoms. The Kier molecular flexibility index (Phi) is 6.65. The number of thiocarbonyl (C=S) groups is 1. The van der Waals surface area contributed by atoms with Gasteiger partial charge in [-0.25, -0.2) is 0 Å². The fraction of sp³-hybridized carbons (Fsp3) is 0.267. The Morgan fingerprint density at radius 2 is 1.65 bits per heavy atom. The van der Waals surface area contributed by atoms with Crippen molar-refractivity contribution in [2.45, 2.75) is 39.8 Å². The number of pyridine rings is 1. The van der Waals surface area contributed by atoms with E-state index in [1.54, 1.807) is 14.2 Å². The molecule has 5 rings (SSSR count). The summed E-state index contributed by atoms with van der Waals surface area (Å²) in [5.41, 5.74) is 8.90. The summed E-state index contributed by atoms with van der Waals surface area (Å²) in [4.78, 5) is 6.85. The topological polar surface area (TPSA) is 51.6 Å². The number of rotatable bonds is 6. The molecule has 1 saturated heterocycles. The largest absolute Gasteiger partial charge is 0.497 e. The monoisotopic (exact) mass is 512 g/mol. The van der Waals surface area contributed by atoms with Crippen molar-refractivity contribution in [2.24, 2.45) is 0 Å². The van der Waals surface area contributed by atoms with Crippen LogP contribution >= 0.6 is 12.2 Å². The first kappa shape index (κ1) is 24.8. The molecule has 2 aromatic heterocycles. The molecule has 2 unspecified atom stereocenters. The quantitative estimate of drug-likeness (QED) is 0.306. The molecule has 1 aliphatic heterocycles. The van der Waals surface area contributed by atoms with Crippen molar-refractivity contribution in [1.82, 2.24) is 14.9 Å². The first-order chi connectivity index (χ1) is 17.8. The highest BCUT2D eigenvalue weighted by Gasteiger charge is 2.43. The molecule has 2 aromatic carbocycles. The third-order valence-electron chi connectivity index (χ3n) is 7.00. The normalized spacial score (nSPS) is 17.1. The molecule has 0 bridgehead atoms. The van der Waals surface area contributed by atoms with Crippen LogP contribution in [0.15, 0.2) is 66.9 Å². The standard InChI is InChI=1S/C30H32N4O2S/c1-18-13-19(2)15-22(14-18)33-20(3)16-24(21(33)4)29-28(25-9-7-8-12-31-25)32-30(37)34(29)26-17-23(35-5)10-11-27(26)36-6/h7-17,28-29H,1-6H3,(H,32,37). The van der Waals surface area contributed by atoms with Crippen LogP contribution in [0.2, 0.25) is 0 Å². The Hall–Kier alpha value is -3.84. The minimum Gasteiger partial charge on any atom is -0.497 e. The maximum atomic E-state index is 5.96. The van der Waals surface area contributed by atoms with Gasteiger partial charge in [-0.2, -0.15) is 0 Å². The predicted molar refractivity (Wildman–Crippen MR) is 152 cm³/mol. The lowest BCUT2D eigenvalue weighted by Gasteiger charge is -2.29. The number of nitrogens with one attached hydrogen (secondary N) is 1. The van der Waals surface area contributed by atoms with Crippen LogP contribution in [-0.2, 0) is 0 Å². The van der Waals surface area contributed by atoms with Gasteiger partial charge in [-0.15, -0.1) is 0 Å². The van der Waals surface area contributed by atoms with Gasteiger partial charge in [0.1, 0.15) is 11.5 Å². The lowest BCUT2D eigenvalue weighted by atomic mass is 9.96. The van der Waals surface area contributed by atoms with E-state index in [2.05, 4.69) is 66.7 Å². The molecule has 2 atom stereocenters. The van der Waals surface area contributed by atoms with Crippen LogP contribution in [0.25, 0.3) is 5.69 Å². The van der Waals surface area contributed by atoms with Gasteiger partial charge in [0.05, 0.1) is 37.7 Å². The van der Waals surface area contributed by atoms with Crippen molar-refractivity contribution in [3.8, 4) is 17.2 Å². The Morgan fingerprint density at radius 1 is 0.892 bits per heavy atom. The highest BCUT2D eigenvalue weighted by Crippen LogP contribution is 2.47. The molecule has 3 heterocycles. The molecule has 190 valence electrons. The van der Waals surface area contributed by atoms with Crippen LogP contribution in [0.4, 0.5) is 5.69 Å². The molecule has 0 saturated carbocycles. The van der Waals surface area contributed by atoms with Crippen molar-refractivity contribution < 1.29 is 9.47 Å². The number of ether oxygens (including phenoxy) is 2. The molecule has 7 heteroatoms. The number of nitrogens with zero attached hydrogens (tertiary/aromatic N) is 3. The van der Waals surface area contributed by atoms with Gasteiger partial charge in [0.2, 0.25) is 0 Å². The van der Waals surface area contributed by atoms with Crippen LogP contribution in [0.1, 0.15) is 45.9 Å². The van der Waals surface area contributed by atoms with Crippen LogP contribution < -0.4 is 19.7 Å². The van der Waals surface area contributed by atoms with Crippen LogP contribution in [-0.4, -0.2) is 28.9 Å². The van der Waals surface area contributed by atoms with E-state index < -0.39 is 0 Å². The van der Waals surface area contributed by atoms with E-state index in [0.29, 0.717) is 5.11 Å². The summed E-state index contributed by atoms with van der Waals surface area (Å²) in [5, 5.41) is 4.17. The van der Waals surface area contributed by atoms with E-state index in [1.807, 2.05) is 42.6 Å². The highest BCUT2D eigenvalue weighted by atomic mass is 32.1. The molecule has 0 radical (unpaired) electrons. The van der Waals surface area contributed by atoms with Gasteiger partial charge in [0.25, 0.3) is 0 Å². The summed E-state index contributed by atoms with van der Waals surface area (Å²) in [6, 6.07) is 20.4. The summed E-state index contributed by atoms with van der Waals surface area (Å²) < 4.78 is 13.7. The van der Waals surface area contributed by atoms with Gasteiger partial charge >= 0.3 is 0 Å². The number of benzene rings is 2. The van der Waals surface area contributed by atoms with Gasteiger partial charge in [-0.3, -0.25) is 4.98 Å². The van der Waals surface area contributed by atoms with E-state index in [-0.39, 0.29) is 12.1 Å². The fourth-order valence-electron chi connectivity index (χ4n) is 5.48. The molecule has 1 aliphatic rings. The van der Waals surface area contributed by atoms with E-state index in [1.165, 1.54) is 16.7 Å². The maximum Gasteiger partial charge on any atom is 0.174 e. The lowest BCUT2D eigenvalue weighted by Crippen LogP contribution is -2.30. The third-order valence-corrected chi connectivity index (χ3v) is 7.31. The first-order valence-corrected chi connectivity index (χ1v) is 12.7. The second-order valence-corrected chi connectivity index (χ2v) is 9.93. The van der Waals surface area contributed by atoms with Gasteiger partial charge in [0, 0.05) is 29.3 Å². The third kappa shape index (κ3) is 4.44. The molecule has 1 fully saturated rings. The summed E-state index contributed by atoms with van der Waals surface area (Å²) in [6.45, 7) is 8.61. The Morgan fingerprint density at radius 3 is 2.30 bits per heavy atom. The van der Waals surface area contributed by atoms with Crippen molar-refractivity contribution in [3.05, 3.63) is 101 Å². The first-order valence-electron chi connectivity index (χ1n) is 12.3. The number of methoxy groups -OCH3 is 2. The van der Waals surface area contributed by atoms with Gasteiger partial charge in [0.15, 0.2) is 5.11 Å². The zero-order valence-corrected chi connectivity index (χ0v) is 22.9. The number of anilines is 1.